The van der Waals surface area contributed by atoms with Crippen LogP contribution in [0.2, 0.25) is 0 Å². The number of benzene rings is 1. The van der Waals surface area contributed by atoms with E-state index in [0.29, 0.717) is 16.8 Å². The highest BCUT2D eigenvalue weighted by atomic mass is 79.9. The van der Waals surface area contributed by atoms with Crippen molar-refractivity contribution in [3.8, 4) is 5.75 Å². The third kappa shape index (κ3) is 2.73. The molecule has 0 unspecified atom stereocenters. The molecule has 18 heavy (non-hydrogen) atoms. The van der Waals surface area contributed by atoms with Crippen LogP contribution in [0.5, 0.6) is 5.75 Å². The molecular weight excluding hydrogens is 298 g/mol. The third-order valence-corrected chi connectivity index (χ3v) is 3.11. The molecule has 0 saturated carbocycles. The normalized spacial score (nSPS) is 10.1. The number of rotatable bonds is 4. The van der Waals surface area contributed by atoms with E-state index in [0.717, 1.165) is 11.3 Å². The fourth-order valence-electron chi connectivity index (χ4n) is 1.58. The standard InChI is InChI=1S/C13H12BrNO3/c1-17-11-5-3-2-4-9(11)8-15-13(16)10-6-7-18-12(10)14/h2-7H,8H2,1H3,(H,15,16). The maximum absolute atomic E-state index is 11.9. The lowest BCUT2D eigenvalue weighted by atomic mass is 10.2. The SMILES string of the molecule is COc1ccccc1CNC(=O)c1ccoc1Br. The highest BCUT2D eigenvalue weighted by Gasteiger charge is 2.12. The molecule has 5 heteroatoms. The minimum Gasteiger partial charge on any atom is -0.496 e. The van der Waals surface area contributed by atoms with Crippen LogP contribution < -0.4 is 10.1 Å². The van der Waals surface area contributed by atoms with Gasteiger partial charge in [-0.15, -0.1) is 0 Å². The molecule has 0 saturated heterocycles. The summed E-state index contributed by atoms with van der Waals surface area (Å²) in [6, 6.07) is 9.16. The second kappa shape index (κ2) is 5.73. The first-order valence-electron chi connectivity index (χ1n) is 5.35. The van der Waals surface area contributed by atoms with Gasteiger partial charge in [-0.3, -0.25) is 4.79 Å². The summed E-state index contributed by atoms with van der Waals surface area (Å²) < 4.78 is 10.7. The Kier molecular flexibility index (Phi) is 4.04. The molecule has 1 aromatic heterocycles. The fourth-order valence-corrected chi connectivity index (χ4v) is 2.00. The van der Waals surface area contributed by atoms with Crippen LogP contribution in [0.3, 0.4) is 0 Å². The average Bonchev–Trinajstić information content (AvgIpc) is 2.82. The highest BCUT2D eigenvalue weighted by molar-refractivity contribution is 9.10. The summed E-state index contributed by atoms with van der Waals surface area (Å²) in [5, 5.41) is 2.81. The van der Waals surface area contributed by atoms with Crippen LogP contribution in [-0.2, 0) is 6.54 Å². The molecule has 1 aromatic carbocycles. The van der Waals surface area contributed by atoms with Crippen LogP contribution >= 0.6 is 15.9 Å². The minimum atomic E-state index is -0.193. The highest BCUT2D eigenvalue weighted by Crippen LogP contribution is 2.19. The van der Waals surface area contributed by atoms with Gasteiger partial charge in [0.2, 0.25) is 0 Å². The summed E-state index contributed by atoms with van der Waals surface area (Å²) in [7, 11) is 1.60. The third-order valence-electron chi connectivity index (χ3n) is 2.49. The van der Waals surface area contributed by atoms with Gasteiger partial charge < -0.3 is 14.5 Å². The molecule has 2 rings (SSSR count). The van der Waals surface area contributed by atoms with Crippen LogP contribution in [0.4, 0.5) is 0 Å². The van der Waals surface area contributed by atoms with Crippen molar-refractivity contribution < 1.29 is 13.9 Å². The van der Waals surface area contributed by atoms with E-state index >= 15 is 0 Å². The number of hydrogen-bond acceptors (Lipinski definition) is 3. The number of hydrogen-bond donors (Lipinski definition) is 1. The van der Waals surface area contributed by atoms with Crippen molar-refractivity contribution in [2.24, 2.45) is 0 Å². The van der Waals surface area contributed by atoms with Gasteiger partial charge in [0.15, 0.2) is 4.67 Å². The fraction of sp³-hybridized carbons (Fsp3) is 0.154. The molecule has 0 bridgehead atoms. The molecule has 0 aliphatic rings. The largest absolute Gasteiger partial charge is 0.496 e. The number of carbonyl (C=O) groups excluding carboxylic acids is 1. The van der Waals surface area contributed by atoms with E-state index < -0.39 is 0 Å². The van der Waals surface area contributed by atoms with E-state index in [2.05, 4.69) is 21.2 Å². The lowest BCUT2D eigenvalue weighted by Gasteiger charge is -2.08. The van der Waals surface area contributed by atoms with E-state index in [1.165, 1.54) is 6.26 Å². The van der Waals surface area contributed by atoms with Gasteiger partial charge in [-0.05, 0) is 28.1 Å². The van der Waals surface area contributed by atoms with Gasteiger partial charge in [0.25, 0.3) is 5.91 Å². The molecule has 1 N–H and O–H groups in total. The van der Waals surface area contributed by atoms with Gasteiger partial charge in [-0.1, -0.05) is 18.2 Å². The number of nitrogens with one attached hydrogen (secondary N) is 1. The second-order valence-corrected chi connectivity index (χ2v) is 4.32. The number of halogens is 1. The Morgan fingerprint density at radius 3 is 2.83 bits per heavy atom. The molecule has 0 atom stereocenters. The van der Waals surface area contributed by atoms with Crippen LogP contribution in [0.15, 0.2) is 45.7 Å². The molecule has 0 radical (unpaired) electrons. The van der Waals surface area contributed by atoms with Gasteiger partial charge in [0.05, 0.1) is 18.9 Å². The van der Waals surface area contributed by atoms with Crippen LogP contribution in [0.1, 0.15) is 15.9 Å². The monoisotopic (exact) mass is 309 g/mol. The predicted molar refractivity (Wildman–Crippen MR) is 70.6 cm³/mol. The summed E-state index contributed by atoms with van der Waals surface area (Å²) in [5.41, 5.74) is 1.40. The zero-order chi connectivity index (χ0) is 13.0. The number of methoxy groups -OCH3 is 1. The first-order chi connectivity index (χ1) is 8.72. The van der Waals surface area contributed by atoms with Crippen molar-refractivity contribution in [2.45, 2.75) is 6.54 Å². The maximum atomic E-state index is 11.9. The number of furan rings is 1. The molecule has 0 aliphatic heterocycles. The lowest BCUT2D eigenvalue weighted by molar-refractivity contribution is 0.0949. The van der Waals surface area contributed by atoms with Crippen LogP contribution in [0.25, 0.3) is 0 Å². The van der Waals surface area contributed by atoms with Crippen LogP contribution in [-0.4, -0.2) is 13.0 Å². The molecule has 0 aliphatic carbocycles. The Morgan fingerprint density at radius 2 is 2.17 bits per heavy atom. The number of carbonyl (C=O) groups is 1. The van der Waals surface area contributed by atoms with E-state index in [1.807, 2.05) is 24.3 Å². The van der Waals surface area contributed by atoms with E-state index in [-0.39, 0.29) is 5.91 Å². The topological polar surface area (TPSA) is 51.5 Å². The zero-order valence-corrected chi connectivity index (χ0v) is 11.4. The predicted octanol–water partition coefficient (Wildman–Crippen LogP) is 2.98. The maximum Gasteiger partial charge on any atom is 0.256 e. The summed E-state index contributed by atoms with van der Waals surface area (Å²) >= 11 is 3.17. The first kappa shape index (κ1) is 12.7. The van der Waals surface area contributed by atoms with Gasteiger partial charge in [-0.25, -0.2) is 0 Å². The summed E-state index contributed by atoms with van der Waals surface area (Å²) in [6.45, 7) is 0.403. The van der Waals surface area contributed by atoms with Crippen molar-refractivity contribution in [2.75, 3.05) is 7.11 Å². The van der Waals surface area contributed by atoms with E-state index in [1.54, 1.807) is 13.2 Å². The Morgan fingerprint density at radius 1 is 1.39 bits per heavy atom. The van der Waals surface area contributed by atoms with E-state index in [9.17, 15) is 4.79 Å². The second-order valence-electron chi connectivity index (χ2n) is 3.60. The van der Waals surface area contributed by atoms with Crippen molar-refractivity contribution in [1.82, 2.24) is 5.32 Å². The Bertz CT molecular complexity index is 551. The molecule has 0 spiro atoms. The van der Waals surface area contributed by atoms with Crippen molar-refractivity contribution >= 4 is 21.8 Å². The summed E-state index contributed by atoms with van der Waals surface area (Å²) in [4.78, 5) is 11.9. The summed E-state index contributed by atoms with van der Waals surface area (Å²) in [5.74, 6) is 0.561. The lowest BCUT2D eigenvalue weighted by Crippen LogP contribution is -2.22. The molecule has 94 valence electrons. The number of ether oxygens (including phenoxy) is 1. The smallest absolute Gasteiger partial charge is 0.256 e. The van der Waals surface area contributed by atoms with Crippen LogP contribution in [0, 0.1) is 0 Å². The van der Waals surface area contributed by atoms with Gasteiger partial charge in [-0.2, -0.15) is 0 Å². The molecular formula is C13H12BrNO3. The average molecular weight is 310 g/mol. The van der Waals surface area contributed by atoms with Crippen molar-refractivity contribution in [3.05, 3.63) is 52.4 Å². The molecule has 1 amide bonds. The Hall–Kier alpha value is -1.75. The van der Waals surface area contributed by atoms with Gasteiger partial charge in [0, 0.05) is 12.1 Å². The van der Waals surface area contributed by atoms with Gasteiger partial charge in [0.1, 0.15) is 5.75 Å². The molecule has 2 aromatic rings. The summed E-state index contributed by atoms with van der Waals surface area (Å²) in [6.07, 6.45) is 1.46. The minimum absolute atomic E-state index is 0.193. The van der Waals surface area contributed by atoms with E-state index in [4.69, 9.17) is 9.15 Å². The number of para-hydroxylation sites is 1. The molecule has 1 heterocycles. The first-order valence-corrected chi connectivity index (χ1v) is 6.14. The Labute approximate surface area is 113 Å². The molecule has 4 nitrogen and oxygen atoms in total. The van der Waals surface area contributed by atoms with Crippen molar-refractivity contribution in [3.63, 3.8) is 0 Å². The zero-order valence-electron chi connectivity index (χ0n) is 9.77. The Balaban J connectivity index is 2.04. The molecule has 0 fully saturated rings. The number of amides is 1. The quantitative estimate of drug-likeness (QED) is 0.944. The van der Waals surface area contributed by atoms with Gasteiger partial charge >= 0.3 is 0 Å². The van der Waals surface area contributed by atoms with Crippen molar-refractivity contribution in [1.29, 1.82) is 0 Å².